The monoisotopic (exact) mass is 233 g/mol. The Hall–Kier alpha value is -0.820. The lowest BCUT2D eigenvalue weighted by Crippen LogP contribution is -2.15. The second kappa shape index (κ2) is 7.50. The molecule has 0 fully saturated rings. The molecule has 1 aromatic carbocycles. The van der Waals surface area contributed by atoms with Crippen LogP contribution in [0, 0.1) is 12.8 Å². The normalized spacial score (nSPS) is 14.6. The van der Waals surface area contributed by atoms with Gasteiger partial charge in [-0.25, -0.2) is 0 Å². The van der Waals surface area contributed by atoms with Gasteiger partial charge in [0.25, 0.3) is 0 Å². The highest BCUT2D eigenvalue weighted by Crippen LogP contribution is 2.25. The van der Waals surface area contributed by atoms with Crippen molar-refractivity contribution in [3.63, 3.8) is 0 Å². The molecule has 0 radical (unpaired) electrons. The zero-order chi connectivity index (χ0) is 12.7. The molecule has 1 heteroatoms. The van der Waals surface area contributed by atoms with Gasteiger partial charge in [0.1, 0.15) is 0 Å². The average Bonchev–Trinajstić information content (AvgIpc) is 2.35. The number of unbranched alkanes of at least 4 members (excludes halogenated alkanes) is 1. The summed E-state index contributed by atoms with van der Waals surface area (Å²) in [7, 11) is 0. The number of rotatable bonds is 7. The third kappa shape index (κ3) is 4.91. The van der Waals surface area contributed by atoms with Crippen molar-refractivity contribution >= 4 is 0 Å². The van der Waals surface area contributed by atoms with Gasteiger partial charge in [-0.2, -0.15) is 0 Å². The van der Waals surface area contributed by atoms with Gasteiger partial charge in [-0.05, 0) is 24.8 Å². The summed E-state index contributed by atoms with van der Waals surface area (Å²) in [5.41, 5.74) is 8.88. The summed E-state index contributed by atoms with van der Waals surface area (Å²) in [5, 5.41) is 0. The summed E-state index contributed by atoms with van der Waals surface area (Å²) in [5.74, 6) is 0.784. The Kier molecular flexibility index (Phi) is 6.28. The molecular formula is C16H27N. The molecule has 0 aliphatic carbocycles. The SMILES string of the molecule is CCCCC(CC)CC(N)c1ccc(C)cc1. The molecule has 0 heterocycles. The van der Waals surface area contributed by atoms with Crippen LogP contribution in [0.5, 0.6) is 0 Å². The predicted molar refractivity (Wildman–Crippen MR) is 76.0 cm³/mol. The number of benzene rings is 1. The number of aryl methyl sites for hydroxylation is 1. The predicted octanol–water partition coefficient (Wildman–Crippen LogP) is 4.60. The highest BCUT2D eigenvalue weighted by molar-refractivity contribution is 5.23. The van der Waals surface area contributed by atoms with Crippen molar-refractivity contribution in [3.8, 4) is 0 Å². The zero-order valence-electron chi connectivity index (χ0n) is 11.6. The second-order valence-corrected chi connectivity index (χ2v) is 5.17. The third-order valence-electron chi connectivity index (χ3n) is 3.64. The van der Waals surface area contributed by atoms with Crippen LogP contribution in [0.4, 0.5) is 0 Å². The summed E-state index contributed by atoms with van der Waals surface area (Å²) in [4.78, 5) is 0. The minimum absolute atomic E-state index is 0.206. The van der Waals surface area contributed by atoms with Gasteiger partial charge in [-0.1, -0.05) is 69.4 Å². The first-order valence-electron chi connectivity index (χ1n) is 6.99. The number of nitrogens with two attached hydrogens (primary N) is 1. The molecule has 2 unspecified atom stereocenters. The lowest BCUT2D eigenvalue weighted by molar-refractivity contribution is 0.388. The van der Waals surface area contributed by atoms with Crippen molar-refractivity contribution in [1.82, 2.24) is 0 Å². The third-order valence-corrected chi connectivity index (χ3v) is 3.64. The number of hydrogen-bond donors (Lipinski definition) is 1. The standard InChI is InChI=1S/C16H27N/c1-4-6-7-14(5-2)12-16(17)15-10-8-13(3)9-11-15/h8-11,14,16H,4-7,12,17H2,1-3H3. The van der Waals surface area contributed by atoms with Crippen LogP contribution >= 0.6 is 0 Å². The van der Waals surface area contributed by atoms with Gasteiger partial charge >= 0.3 is 0 Å². The second-order valence-electron chi connectivity index (χ2n) is 5.17. The Morgan fingerprint density at radius 1 is 1.12 bits per heavy atom. The van der Waals surface area contributed by atoms with Crippen LogP contribution < -0.4 is 5.73 Å². The molecule has 2 N–H and O–H groups in total. The Bertz CT molecular complexity index is 302. The molecular weight excluding hydrogens is 206 g/mol. The summed E-state index contributed by atoms with van der Waals surface area (Å²) in [6, 6.07) is 8.86. The van der Waals surface area contributed by atoms with Crippen molar-refractivity contribution in [3.05, 3.63) is 35.4 Å². The van der Waals surface area contributed by atoms with E-state index < -0.39 is 0 Å². The first kappa shape index (κ1) is 14.2. The van der Waals surface area contributed by atoms with Gasteiger partial charge in [-0.15, -0.1) is 0 Å². The van der Waals surface area contributed by atoms with Crippen molar-refractivity contribution in [2.24, 2.45) is 11.7 Å². The molecule has 1 rings (SSSR count). The van der Waals surface area contributed by atoms with Crippen LogP contribution in [0.1, 0.15) is 63.1 Å². The lowest BCUT2D eigenvalue weighted by atomic mass is 9.89. The maximum atomic E-state index is 6.29. The van der Waals surface area contributed by atoms with E-state index in [2.05, 4.69) is 45.0 Å². The van der Waals surface area contributed by atoms with E-state index in [0.29, 0.717) is 0 Å². The van der Waals surface area contributed by atoms with Gasteiger partial charge in [0.2, 0.25) is 0 Å². The molecule has 1 nitrogen and oxygen atoms in total. The molecule has 0 aromatic heterocycles. The Balaban J connectivity index is 2.51. The molecule has 0 saturated carbocycles. The van der Waals surface area contributed by atoms with Gasteiger partial charge in [-0.3, -0.25) is 0 Å². The zero-order valence-corrected chi connectivity index (χ0v) is 11.6. The van der Waals surface area contributed by atoms with Crippen LogP contribution in [0.3, 0.4) is 0 Å². The van der Waals surface area contributed by atoms with Crippen LogP contribution in [-0.4, -0.2) is 0 Å². The van der Waals surface area contributed by atoms with E-state index in [1.165, 1.54) is 36.8 Å². The Morgan fingerprint density at radius 3 is 2.29 bits per heavy atom. The largest absolute Gasteiger partial charge is 0.324 e. The van der Waals surface area contributed by atoms with E-state index in [-0.39, 0.29) is 6.04 Å². The molecule has 0 spiro atoms. The van der Waals surface area contributed by atoms with E-state index in [0.717, 1.165) is 12.3 Å². The fraction of sp³-hybridized carbons (Fsp3) is 0.625. The van der Waals surface area contributed by atoms with Crippen LogP contribution in [0.25, 0.3) is 0 Å². The first-order valence-corrected chi connectivity index (χ1v) is 6.99. The maximum absolute atomic E-state index is 6.29. The topological polar surface area (TPSA) is 26.0 Å². The fourth-order valence-corrected chi connectivity index (χ4v) is 2.29. The number of hydrogen-bond acceptors (Lipinski definition) is 1. The fourth-order valence-electron chi connectivity index (χ4n) is 2.29. The first-order chi connectivity index (χ1) is 8.17. The maximum Gasteiger partial charge on any atom is 0.0297 e. The molecule has 17 heavy (non-hydrogen) atoms. The molecule has 0 saturated heterocycles. The quantitative estimate of drug-likeness (QED) is 0.731. The van der Waals surface area contributed by atoms with Crippen molar-refractivity contribution in [2.75, 3.05) is 0 Å². The average molecular weight is 233 g/mol. The Morgan fingerprint density at radius 2 is 1.76 bits per heavy atom. The highest BCUT2D eigenvalue weighted by atomic mass is 14.6. The van der Waals surface area contributed by atoms with E-state index in [1.807, 2.05) is 0 Å². The molecule has 2 atom stereocenters. The molecule has 96 valence electrons. The van der Waals surface area contributed by atoms with E-state index >= 15 is 0 Å². The van der Waals surface area contributed by atoms with Gasteiger partial charge in [0, 0.05) is 6.04 Å². The van der Waals surface area contributed by atoms with Gasteiger partial charge in [0.05, 0.1) is 0 Å². The molecule has 0 amide bonds. The smallest absolute Gasteiger partial charge is 0.0297 e. The van der Waals surface area contributed by atoms with Crippen molar-refractivity contribution in [2.45, 2.75) is 58.9 Å². The minimum atomic E-state index is 0.206. The van der Waals surface area contributed by atoms with E-state index in [9.17, 15) is 0 Å². The van der Waals surface area contributed by atoms with Crippen LogP contribution in [-0.2, 0) is 0 Å². The summed E-state index contributed by atoms with van der Waals surface area (Å²) in [6.07, 6.45) is 6.32. The van der Waals surface area contributed by atoms with Crippen LogP contribution in [0.2, 0.25) is 0 Å². The summed E-state index contributed by atoms with van der Waals surface area (Å²) < 4.78 is 0. The van der Waals surface area contributed by atoms with E-state index in [1.54, 1.807) is 0 Å². The van der Waals surface area contributed by atoms with Crippen molar-refractivity contribution < 1.29 is 0 Å². The molecule has 0 aliphatic heterocycles. The lowest BCUT2D eigenvalue weighted by Gasteiger charge is -2.20. The minimum Gasteiger partial charge on any atom is -0.324 e. The summed E-state index contributed by atoms with van der Waals surface area (Å²) in [6.45, 7) is 6.65. The molecule has 0 aliphatic rings. The molecule has 0 bridgehead atoms. The highest BCUT2D eigenvalue weighted by Gasteiger charge is 2.13. The Labute approximate surface area is 106 Å². The molecule has 1 aromatic rings. The van der Waals surface area contributed by atoms with Gasteiger partial charge < -0.3 is 5.73 Å². The van der Waals surface area contributed by atoms with Crippen LogP contribution in [0.15, 0.2) is 24.3 Å². The summed E-state index contributed by atoms with van der Waals surface area (Å²) >= 11 is 0. The van der Waals surface area contributed by atoms with Crippen molar-refractivity contribution in [1.29, 1.82) is 0 Å². The van der Waals surface area contributed by atoms with E-state index in [4.69, 9.17) is 5.73 Å². The van der Waals surface area contributed by atoms with Gasteiger partial charge in [0.15, 0.2) is 0 Å².